The summed E-state index contributed by atoms with van der Waals surface area (Å²) >= 11 is 0. The van der Waals surface area contributed by atoms with E-state index in [0.717, 1.165) is 25.9 Å². The highest BCUT2D eigenvalue weighted by Gasteiger charge is 2.33. The summed E-state index contributed by atoms with van der Waals surface area (Å²) in [5.41, 5.74) is 1.28. The lowest BCUT2D eigenvalue weighted by molar-refractivity contribution is -0.139. The molecule has 164 valence electrons. The monoisotopic (exact) mass is 416 g/mol. The van der Waals surface area contributed by atoms with Crippen LogP contribution in [0.1, 0.15) is 25.3 Å². The van der Waals surface area contributed by atoms with Crippen molar-refractivity contribution in [2.75, 3.05) is 52.4 Å². The van der Waals surface area contributed by atoms with Crippen molar-refractivity contribution in [3.8, 4) is 0 Å². The van der Waals surface area contributed by atoms with Gasteiger partial charge in [-0.3, -0.25) is 14.5 Å². The minimum absolute atomic E-state index is 0.0337. The fraction of sp³-hybridized carbons (Fsp3) is 0.591. The Kier molecular flexibility index (Phi) is 8.07. The number of benzene rings is 1. The van der Waals surface area contributed by atoms with E-state index in [4.69, 9.17) is 4.74 Å². The maximum atomic E-state index is 12.8. The number of piperazine rings is 2. The second kappa shape index (κ2) is 11.0. The number of aryl methyl sites for hydroxylation is 1. The zero-order valence-corrected chi connectivity index (χ0v) is 17.7. The summed E-state index contributed by atoms with van der Waals surface area (Å²) in [6, 6.07) is 9.87. The van der Waals surface area contributed by atoms with Gasteiger partial charge in [0.05, 0.1) is 19.1 Å². The van der Waals surface area contributed by atoms with E-state index < -0.39 is 6.04 Å². The van der Waals surface area contributed by atoms with Gasteiger partial charge in [-0.2, -0.15) is 0 Å². The topological polar surface area (TPSA) is 82.2 Å². The summed E-state index contributed by atoms with van der Waals surface area (Å²) in [6.45, 7) is 6.15. The van der Waals surface area contributed by atoms with Crippen LogP contribution in [0.2, 0.25) is 0 Å². The third-order valence-electron chi connectivity index (χ3n) is 5.72. The zero-order valence-electron chi connectivity index (χ0n) is 17.7. The fourth-order valence-electron chi connectivity index (χ4n) is 4.03. The highest BCUT2D eigenvalue weighted by molar-refractivity contribution is 5.89. The van der Waals surface area contributed by atoms with E-state index in [1.165, 1.54) is 5.56 Å². The lowest BCUT2D eigenvalue weighted by atomic mass is 10.1. The molecule has 2 fully saturated rings. The SMILES string of the molecule is CCOC(=O)N1CCN(C(=O)C[C@H]2C(=O)NCCN2CCCc2ccccc2)CC1. The van der Waals surface area contributed by atoms with Crippen LogP contribution in [0.4, 0.5) is 4.79 Å². The normalized spacial score (nSPS) is 20.0. The summed E-state index contributed by atoms with van der Waals surface area (Å²) in [4.78, 5) is 42.6. The number of ether oxygens (including phenoxy) is 1. The van der Waals surface area contributed by atoms with Crippen molar-refractivity contribution in [3.05, 3.63) is 35.9 Å². The molecule has 0 aliphatic carbocycles. The molecule has 8 nitrogen and oxygen atoms in total. The number of carbonyl (C=O) groups excluding carboxylic acids is 3. The van der Waals surface area contributed by atoms with Crippen molar-refractivity contribution >= 4 is 17.9 Å². The lowest BCUT2D eigenvalue weighted by Gasteiger charge is -2.38. The maximum Gasteiger partial charge on any atom is 0.409 e. The van der Waals surface area contributed by atoms with E-state index >= 15 is 0 Å². The Morgan fingerprint density at radius 2 is 1.77 bits per heavy atom. The van der Waals surface area contributed by atoms with Crippen molar-refractivity contribution in [1.82, 2.24) is 20.0 Å². The molecule has 2 aliphatic rings. The molecule has 1 aromatic carbocycles. The number of nitrogens with zero attached hydrogens (tertiary/aromatic N) is 3. The molecule has 0 spiro atoms. The highest BCUT2D eigenvalue weighted by atomic mass is 16.6. The Morgan fingerprint density at radius 3 is 2.47 bits per heavy atom. The largest absolute Gasteiger partial charge is 0.450 e. The van der Waals surface area contributed by atoms with Gasteiger partial charge in [-0.15, -0.1) is 0 Å². The van der Waals surface area contributed by atoms with Crippen molar-refractivity contribution in [2.24, 2.45) is 0 Å². The molecule has 1 N–H and O–H groups in total. The molecule has 8 heteroatoms. The molecule has 0 radical (unpaired) electrons. The molecular formula is C22H32N4O4. The van der Waals surface area contributed by atoms with Gasteiger partial charge in [0.15, 0.2) is 0 Å². The van der Waals surface area contributed by atoms with Gasteiger partial charge in [0.2, 0.25) is 11.8 Å². The predicted octanol–water partition coefficient (Wildman–Crippen LogP) is 1.11. The third kappa shape index (κ3) is 5.95. The Labute approximate surface area is 178 Å². The van der Waals surface area contributed by atoms with Gasteiger partial charge in [-0.25, -0.2) is 4.79 Å². The number of rotatable bonds is 7. The molecule has 0 aromatic heterocycles. The molecule has 30 heavy (non-hydrogen) atoms. The zero-order chi connectivity index (χ0) is 21.3. The molecular weight excluding hydrogens is 384 g/mol. The van der Waals surface area contributed by atoms with Crippen LogP contribution in [-0.2, 0) is 20.7 Å². The first-order valence-corrected chi connectivity index (χ1v) is 10.8. The van der Waals surface area contributed by atoms with Gasteiger partial charge in [0.1, 0.15) is 0 Å². The van der Waals surface area contributed by atoms with Crippen LogP contribution in [0.3, 0.4) is 0 Å². The second-order valence-electron chi connectivity index (χ2n) is 7.70. The van der Waals surface area contributed by atoms with E-state index in [1.807, 2.05) is 18.2 Å². The Balaban J connectivity index is 1.49. The summed E-state index contributed by atoms with van der Waals surface area (Å²) in [5.74, 6) is -0.104. The Hall–Kier alpha value is -2.61. The van der Waals surface area contributed by atoms with Crippen molar-refractivity contribution < 1.29 is 19.1 Å². The van der Waals surface area contributed by atoms with E-state index in [-0.39, 0.29) is 24.3 Å². The minimum atomic E-state index is -0.426. The first kappa shape index (κ1) is 22.1. The van der Waals surface area contributed by atoms with Crippen LogP contribution in [0.5, 0.6) is 0 Å². The minimum Gasteiger partial charge on any atom is -0.450 e. The van der Waals surface area contributed by atoms with E-state index in [0.29, 0.717) is 39.3 Å². The fourth-order valence-corrected chi connectivity index (χ4v) is 4.03. The maximum absolute atomic E-state index is 12.8. The summed E-state index contributed by atoms with van der Waals surface area (Å²) in [5, 5.41) is 2.89. The summed E-state index contributed by atoms with van der Waals surface area (Å²) in [7, 11) is 0. The van der Waals surface area contributed by atoms with Gasteiger partial charge >= 0.3 is 6.09 Å². The average Bonchev–Trinajstić information content (AvgIpc) is 2.77. The van der Waals surface area contributed by atoms with Crippen LogP contribution in [0.25, 0.3) is 0 Å². The standard InChI is InChI=1S/C22H32N4O4/c1-2-30-22(29)26-15-13-25(14-16-26)20(27)17-19-21(28)23-10-12-24(19)11-6-9-18-7-4-3-5-8-18/h3-5,7-8,19H,2,6,9-17H2,1H3,(H,23,28)/t19-/m0/s1. The van der Waals surface area contributed by atoms with Crippen molar-refractivity contribution in [2.45, 2.75) is 32.2 Å². The Bertz CT molecular complexity index is 719. The molecule has 1 atom stereocenters. The first-order valence-electron chi connectivity index (χ1n) is 10.8. The van der Waals surface area contributed by atoms with Gasteiger partial charge in [0, 0.05) is 39.3 Å². The number of amides is 3. The smallest absolute Gasteiger partial charge is 0.409 e. The second-order valence-corrected chi connectivity index (χ2v) is 7.70. The molecule has 0 unspecified atom stereocenters. The molecule has 3 amide bonds. The number of hydrogen-bond donors (Lipinski definition) is 1. The molecule has 0 bridgehead atoms. The number of nitrogens with one attached hydrogen (secondary N) is 1. The van der Waals surface area contributed by atoms with Gasteiger partial charge in [0.25, 0.3) is 0 Å². The van der Waals surface area contributed by atoms with Gasteiger partial charge < -0.3 is 19.9 Å². The molecule has 2 aliphatic heterocycles. The van der Waals surface area contributed by atoms with Crippen LogP contribution >= 0.6 is 0 Å². The van der Waals surface area contributed by atoms with Crippen LogP contribution in [0.15, 0.2) is 30.3 Å². The summed E-state index contributed by atoms with van der Waals surface area (Å²) < 4.78 is 5.02. The van der Waals surface area contributed by atoms with Gasteiger partial charge in [-0.05, 0) is 31.9 Å². The molecule has 2 saturated heterocycles. The molecule has 0 saturated carbocycles. The van der Waals surface area contributed by atoms with E-state index in [9.17, 15) is 14.4 Å². The van der Waals surface area contributed by atoms with E-state index in [1.54, 1.807) is 16.7 Å². The summed E-state index contributed by atoms with van der Waals surface area (Å²) in [6.07, 6.45) is 1.74. The predicted molar refractivity (Wildman–Crippen MR) is 113 cm³/mol. The highest BCUT2D eigenvalue weighted by Crippen LogP contribution is 2.14. The molecule has 3 rings (SSSR count). The lowest BCUT2D eigenvalue weighted by Crippen LogP contribution is -2.58. The van der Waals surface area contributed by atoms with Crippen LogP contribution in [0, 0.1) is 0 Å². The quantitative estimate of drug-likeness (QED) is 0.720. The van der Waals surface area contributed by atoms with Crippen molar-refractivity contribution in [3.63, 3.8) is 0 Å². The van der Waals surface area contributed by atoms with Crippen LogP contribution < -0.4 is 5.32 Å². The number of hydrogen-bond acceptors (Lipinski definition) is 5. The molecule has 1 aromatic rings. The Morgan fingerprint density at radius 1 is 1.07 bits per heavy atom. The van der Waals surface area contributed by atoms with Gasteiger partial charge in [-0.1, -0.05) is 30.3 Å². The van der Waals surface area contributed by atoms with Crippen LogP contribution in [-0.4, -0.2) is 91.1 Å². The number of carbonyl (C=O) groups is 3. The average molecular weight is 417 g/mol. The first-order chi connectivity index (χ1) is 14.6. The third-order valence-corrected chi connectivity index (χ3v) is 5.72. The van der Waals surface area contributed by atoms with Crippen molar-refractivity contribution in [1.29, 1.82) is 0 Å². The van der Waals surface area contributed by atoms with E-state index in [2.05, 4.69) is 22.3 Å². The molecule has 2 heterocycles.